The van der Waals surface area contributed by atoms with Crippen LogP contribution in [0.2, 0.25) is 0 Å². The van der Waals surface area contributed by atoms with Crippen molar-refractivity contribution in [3.63, 3.8) is 0 Å². The van der Waals surface area contributed by atoms with E-state index in [-0.39, 0.29) is 5.78 Å². The molecule has 25 heavy (non-hydrogen) atoms. The van der Waals surface area contributed by atoms with Gasteiger partial charge in [0.15, 0.2) is 6.10 Å². The number of thiophene rings is 1. The maximum Gasteiger partial charge on any atom is 0.349 e. The van der Waals surface area contributed by atoms with Crippen LogP contribution in [0.15, 0.2) is 24.3 Å². The van der Waals surface area contributed by atoms with E-state index in [4.69, 9.17) is 4.74 Å². The van der Waals surface area contributed by atoms with Gasteiger partial charge in [0, 0.05) is 10.4 Å². The Bertz CT molecular complexity index is 819. The highest BCUT2D eigenvalue weighted by molar-refractivity contribution is 7.14. The van der Waals surface area contributed by atoms with E-state index in [9.17, 15) is 9.59 Å². The number of hydrogen-bond acceptors (Lipinski definition) is 4. The van der Waals surface area contributed by atoms with Crippen molar-refractivity contribution >= 4 is 23.1 Å². The number of carbonyl (C=O) groups is 2. The third-order valence-corrected chi connectivity index (χ3v) is 6.19. The summed E-state index contributed by atoms with van der Waals surface area (Å²) in [5.41, 5.74) is 4.05. The third kappa shape index (κ3) is 3.84. The van der Waals surface area contributed by atoms with Gasteiger partial charge < -0.3 is 4.74 Å². The van der Waals surface area contributed by atoms with Crippen LogP contribution in [0.1, 0.15) is 61.9 Å². The van der Waals surface area contributed by atoms with E-state index >= 15 is 0 Å². The van der Waals surface area contributed by atoms with Gasteiger partial charge in [-0.3, -0.25) is 4.79 Å². The fraction of sp³-hybridized carbons (Fsp3) is 0.429. The lowest BCUT2D eigenvalue weighted by molar-refractivity contribution is 0.0323. The molecule has 0 amide bonds. The number of hydrogen-bond donors (Lipinski definition) is 0. The van der Waals surface area contributed by atoms with Crippen LogP contribution in [-0.4, -0.2) is 17.9 Å². The standard InChI is InChI=1S/C21H24O3S/c1-12-5-8-18-17(9-12)11-19(25-18)21(23)24-15(4)20(22)16-7-6-13(2)14(3)10-16/h6-7,10-12,15H,5,8-9H2,1-4H3/t12-,15-/m1/s1. The Morgan fingerprint density at radius 3 is 2.68 bits per heavy atom. The topological polar surface area (TPSA) is 43.4 Å². The van der Waals surface area contributed by atoms with E-state index in [1.54, 1.807) is 13.0 Å². The van der Waals surface area contributed by atoms with E-state index < -0.39 is 12.1 Å². The maximum atomic E-state index is 12.5. The number of benzene rings is 1. The lowest BCUT2D eigenvalue weighted by Gasteiger charge is -2.16. The van der Waals surface area contributed by atoms with Gasteiger partial charge in [-0.1, -0.05) is 19.1 Å². The van der Waals surface area contributed by atoms with Crippen molar-refractivity contribution in [3.8, 4) is 0 Å². The summed E-state index contributed by atoms with van der Waals surface area (Å²) in [7, 11) is 0. The van der Waals surface area contributed by atoms with Crippen LogP contribution in [0.4, 0.5) is 0 Å². The number of Topliss-reactive ketones (excluding diaryl/α,β-unsaturated/α-hetero) is 1. The first-order valence-corrected chi connectivity index (χ1v) is 9.61. The van der Waals surface area contributed by atoms with Crippen LogP contribution < -0.4 is 0 Å². The van der Waals surface area contributed by atoms with Crippen LogP contribution in [0.3, 0.4) is 0 Å². The molecule has 0 aliphatic heterocycles. The Kier molecular flexibility index (Phi) is 5.09. The third-order valence-electron chi connectivity index (χ3n) is 4.97. The summed E-state index contributed by atoms with van der Waals surface area (Å²) >= 11 is 1.51. The Morgan fingerprint density at radius 2 is 1.96 bits per heavy atom. The second-order valence-corrected chi connectivity index (χ2v) is 8.25. The summed E-state index contributed by atoms with van der Waals surface area (Å²) in [6, 6.07) is 7.52. The number of carbonyl (C=O) groups excluding carboxylic acids is 2. The first kappa shape index (κ1) is 17.9. The summed E-state index contributed by atoms with van der Waals surface area (Å²) in [5.74, 6) is 0.111. The van der Waals surface area contributed by atoms with E-state index in [1.165, 1.54) is 28.2 Å². The molecule has 1 aromatic heterocycles. The monoisotopic (exact) mass is 356 g/mol. The molecule has 0 fully saturated rings. The predicted molar refractivity (Wildman–Crippen MR) is 101 cm³/mol. The van der Waals surface area contributed by atoms with E-state index in [1.807, 2.05) is 32.0 Å². The van der Waals surface area contributed by atoms with Crippen LogP contribution in [0.5, 0.6) is 0 Å². The number of rotatable bonds is 4. The van der Waals surface area contributed by atoms with E-state index in [0.717, 1.165) is 24.0 Å². The van der Waals surface area contributed by atoms with Gasteiger partial charge in [0.1, 0.15) is 4.88 Å². The van der Waals surface area contributed by atoms with Crippen molar-refractivity contribution in [3.05, 3.63) is 56.3 Å². The summed E-state index contributed by atoms with van der Waals surface area (Å²) in [6.45, 7) is 7.86. The molecule has 0 unspecified atom stereocenters. The van der Waals surface area contributed by atoms with Gasteiger partial charge in [0.2, 0.25) is 5.78 Å². The summed E-state index contributed by atoms with van der Waals surface area (Å²) in [6.07, 6.45) is 2.44. The van der Waals surface area contributed by atoms with Gasteiger partial charge in [-0.2, -0.15) is 0 Å². The minimum Gasteiger partial charge on any atom is -0.450 e. The number of ketones is 1. The Labute approximate surface area is 153 Å². The summed E-state index contributed by atoms with van der Waals surface area (Å²) in [4.78, 5) is 26.9. The molecule has 0 saturated carbocycles. The van der Waals surface area contributed by atoms with Crippen molar-refractivity contribution < 1.29 is 14.3 Å². The normalized spacial score (nSPS) is 17.7. The molecular weight excluding hydrogens is 332 g/mol. The van der Waals surface area contributed by atoms with Crippen molar-refractivity contribution in [2.75, 3.05) is 0 Å². The SMILES string of the molecule is Cc1ccc(C(=O)[C@@H](C)OC(=O)c2cc3c(s2)CC[C@@H](C)C3)cc1C. The Balaban J connectivity index is 1.70. The molecular formula is C21H24O3S. The first-order chi connectivity index (χ1) is 11.8. The van der Waals surface area contributed by atoms with Gasteiger partial charge in [0.25, 0.3) is 0 Å². The molecule has 3 nitrogen and oxygen atoms in total. The van der Waals surface area contributed by atoms with Crippen molar-refractivity contribution in [2.45, 2.75) is 53.1 Å². The largest absolute Gasteiger partial charge is 0.450 e. The zero-order valence-electron chi connectivity index (χ0n) is 15.2. The highest BCUT2D eigenvalue weighted by Crippen LogP contribution is 2.32. The van der Waals surface area contributed by atoms with Crippen molar-refractivity contribution in [2.24, 2.45) is 5.92 Å². The maximum absolute atomic E-state index is 12.5. The molecule has 3 rings (SSSR count). The number of ether oxygens (including phenoxy) is 1. The van der Waals surface area contributed by atoms with E-state index in [2.05, 4.69) is 6.92 Å². The molecule has 1 aliphatic rings. The van der Waals surface area contributed by atoms with Crippen molar-refractivity contribution in [1.29, 1.82) is 0 Å². The average molecular weight is 356 g/mol. The smallest absolute Gasteiger partial charge is 0.349 e. The second kappa shape index (κ2) is 7.12. The Morgan fingerprint density at radius 1 is 1.20 bits per heavy atom. The quantitative estimate of drug-likeness (QED) is 0.577. The molecule has 4 heteroatoms. The number of aryl methyl sites for hydroxylation is 3. The molecule has 2 aromatic rings. The minimum absolute atomic E-state index is 0.161. The van der Waals surface area contributed by atoms with Gasteiger partial charge in [-0.25, -0.2) is 4.79 Å². The second-order valence-electron chi connectivity index (χ2n) is 7.12. The van der Waals surface area contributed by atoms with E-state index in [0.29, 0.717) is 16.4 Å². The molecule has 0 bridgehead atoms. The fourth-order valence-corrected chi connectivity index (χ4v) is 4.30. The minimum atomic E-state index is -0.785. The average Bonchev–Trinajstić information content (AvgIpc) is 2.99. The zero-order chi connectivity index (χ0) is 18.1. The molecule has 132 valence electrons. The molecule has 0 spiro atoms. The Hall–Kier alpha value is -1.94. The molecule has 2 atom stereocenters. The van der Waals surface area contributed by atoms with Gasteiger partial charge in [-0.05, 0) is 74.8 Å². The summed E-state index contributed by atoms with van der Waals surface area (Å²) < 4.78 is 5.45. The fourth-order valence-electron chi connectivity index (χ4n) is 3.21. The first-order valence-electron chi connectivity index (χ1n) is 8.79. The van der Waals surface area contributed by atoms with Gasteiger partial charge in [-0.15, -0.1) is 11.3 Å². The molecule has 1 aliphatic carbocycles. The molecule has 1 heterocycles. The molecule has 1 aromatic carbocycles. The zero-order valence-corrected chi connectivity index (χ0v) is 16.0. The number of fused-ring (bicyclic) bond motifs is 1. The van der Waals surface area contributed by atoms with Crippen LogP contribution in [-0.2, 0) is 17.6 Å². The van der Waals surface area contributed by atoms with Gasteiger partial charge >= 0.3 is 5.97 Å². The predicted octanol–water partition coefficient (Wildman–Crippen LogP) is 4.92. The lowest BCUT2D eigenvalue weighted by atomic mass is 9.90. The van der Waals surface area contributed by atoms with Crippen LogP contribution in [0.25, 0.3) is 0 Å². The molecule has 0 N–H and O–H groups in total. The number of esters is 1. The highest BCUT2D eigenvalue weighted by Gasteiger charge is 2.24. The summed E-state index contributed by atoms with van der Waals surface area (Å²) in [5, 5.41) is 0. The lowest BCUT2D eigenvalue weighted by Crippen LogP contribution is -2.24. The van der Waals surface area contributed by atoms with Crippen molar-refractivity contribution in [1.82, 2.24) is 0 Å². The molecule has 0 saturated heterocycles. The van der Waals surface area contributed by atoms with Gasteiger partial charge in [0.05, 0.1) is 0 Å². The molecule has 0 radical (unpaired) electrons. The highest BCUT2D eigenvalue weighted by atomic mass is 32.1. The van der Waals surface area contributed by atoms with Crippen LogP contribution >= 0.6 is 11.3 Å². The van der Waals surface area contributed by atoms with Crippen LogP contribution in [0, 0.1) is 19.8 Å².